The summed E-state index contributed by atoms with van der Waals surface area (Å²) < 4.78 is 0. The summed E-state index contributed by atoms with van der Waals surface area (Å²) in [5, 5.41) is 11.7. The number of nitrogens with one attached hydrogen (secondary N) is 1. The predicted octanol–water partition coefficient (Wildman–Crippen LogP) is 1.62. The van der Waals surface area contributed by atoms with Crippen LogP contribution in [0.15, 0.2) is 18.3 Å². The molecule has 0 aliphatic carbocycles. The van der Waals surface area contributed by atoms with Gasteiger partial charge in [0.15, 0.2) is 0 Å². The SMILES string of the molecule is Cc1cccnc1C(=O)N[C@H](C(=O)O)C(C)(C)C. The Hall–Kier alpha value is -1.91. The van der Waals surface area contributed by atoms with E-state index >= 15 is 0 Å². The van der Waals surface area contributed by atoms with Crippen LogP contribution in [-0.4, -0.2) is 28.0 Å². The Morgan fingerprint density at radius 3 is 2.44 bits per heavy atom. The topological polar surface area (TPSA) is 79.3 Å². The van der Waals surface area contributed by atoms with Crippen LogP contribution in [0.3, 0.4) is 0 Å². The summed E-state index contributed by atoms with van der Waals surface area (Å²) in [7, 11) is 0. The summed E-state index contributed by atoms with van der Waals surface area (Å²) in [5.74, 6) is -1.51. The van der Waals surface area contributed by atoms with E-state index in [1.54, 1.807) is 39.8 Å². The van der Waals surface area contributed by atoms with E-state index in [9.17, 15) is 9.59 Å². The van der Waals surface area contributed by atoms with Crippen LogP contribution in [0.4, 0.5) is 0 Å². The third kappa shape index (κ3) is 3.29. The lowest BCUT2D eigenvalue weighted by atomic mass is 9.86. The molecule has 0 aromatic carbocycles. The molecule has 0 radical (unpaired) electrons. The van der Waals surface area contributed by atoms with Crippen molar-refractivity contribution in [2.75, 3.05) is 0 Å². The van der Waals surface area contributed by atoms with E-state index in [0.717, 1.165) is 0 Å². The summed E-state index contributed by atoms with van der Waals surface area (Å²) in [6.07, 6.45) is 1.51. The van der Waals surface area contributed by atoms with E-state index in [-0.39, 0.29) is 5.69 Å². The van der Waals surface area contributed by atoms with E-state index in [1.807, 2.05) is 0 Å². The number of aliphatic carboxylic acids is 1. The highest BCUT2D eigenvalue weighted by atomic mass is 16.4. The van der Waals surface area contributed by atoms with Crippen LogP contribution >= 0.6 is 0 Å². The van der Waals surface area contributed by atoms with Gasteiger partial charge in [-0.3, -0.25) is 9.78 Å². The first-order chi connectivity index (χ1) is 8.23. The quantitative estimate of drug-likeness (QED) is 0.854. The summed E-state index contributed by atoms with van der Waals surface area (Å²) in [4.78, 5) is 27.1. The molecule has 2 N–H and O–H groups in total. The molecule has 1 amide bonds. The van der Waals surface area contributed by atoms with Crippen molar-refractivity contribution in [3.63, 3.8) is 0 Å². The monoisotopic (exact) mass is 250 g/mol. The highest BCUT2D eigenvalue weighted by Crippen LogP contribution is 2.20. The van der Waals surface area contributed by atoms with Crippen LogP contribution in [0, 0.1) is 12.3 Å². The molecule has 1 aromatic heterocycles. The zero-order chi connectivity index (χ0) is 13.9. The fourth-order valence-corrected chi connectivity index (χ4v) is 1.57. The summed E-state index contributed by atoms with van der Waals surface area (Å²) in [5.41, 5.74) is 0.408. The van der Waals surface area contributed by atoms with Gasteiger partial charge in [0, 0.05) is 6.20 Å². The van der Waals surface area contributed by atoms with Crippen LogP contribution in [-0.2, 0) is 4.79 Å². The molecule has 0 saturated heterocycles. The lowest BCUT2D eigenvalue weighted by Gasteiger charge is -2.27. The van der Waals surface area contributed by atoms with Gasteiger partial charge in [0.2, 0.25) is 0 Å². The maximum absolute atomic E-state index is 12.0. The van der Waals surface area contributed by atoms with Crippen LogP contribution < -0.4 is 5.32 Å². The fourth-order valence-electron chi connectivity index (χ4n) is 1.57. The molecule has 0 unspecified atom stereocenters. The molecule has 1 aromatic rings. The van der Waals surface area contributed by atoms with Gasteiger partial charge in [-0.1, -0.05) is 26.8 Å². The number of amides is 1. The van der Waals surface area contributed by atoms with Gasteiger partial charge in [-0.25, -0.2) is 4.79 Å². The average Bonchev–Trinajstić information content (AvgIpc) is 2.24. The van der Waals surface area contributed by atoms with E-state index < -0.39 is 23.3 Å². The highest BCUT2D eigenvalue weighted by molar-refractivity contribution is 5.96. The average molecular weight is 250 g/mol. The Balaban J connectivity index is 2.93. The Morgan fingerprint density at radius 1 is 1.39 bits per heavy atom. The Labute approximate surface area is 106 Å². The van der Waals surface area contributed by atoms with Crippen molar-refractivity contribution in [1.82, 2.24) is 10.3 Å². The second-order valence-corrected chi connectivity index (χ2v) is 5.28. The number of carboxylic acids is 1. The lowest BCUT2D eigenvalue weighted by Crippen LogP contribution is -2.49. The molecule has 98 valence electrons. The van der Waals surface area contributed by atoms with Crippen molar-refractivity contribution in [3.8, 4) is 0 Å². The minimum atomic E-state index is -1.05. The van der Waals surface area contributed by atoms with Crippen LogP contribution in [0.1, 0.15) is 36.8 Å². The first kappa shape index (κ1) is 14.2. The Morgan fingerprint density at radius 2 is 2.00 bits per heavy atom. The predicted molar refractivity (Wildman–Crippen MR) is 67.3 cm³/mol. The maximum atomic E-state index is 12.0. The minimum absolute atomic E-state index is 0.257. The van der Waals surface area contributed by atoms with Gasteiger partial charge in [-0.15, -0.1) is 0 Å². The first-order valence-electron chi connectivity index (χ1n) is 5.69. The highest BCUT2D eigenvalue weighted by Gasteiger charge is 2.33. The van der Waals surface area contributed by atoms with Crippen molar-refractivity contribution >= 4 is 11.9 Å². The van der Waals surface area contributed by atoms with Gasteiger partial charge in [0.25, 0.3) is 5.91 Å². The van der Waals surface area contributed by atoms with Crippen LogP contribution in [0.25, 0.3) is 0 Å². The third-order valence-corrected chi connectivity index (χ3v) is 2.61. The van der Waals surface area contributed by atoms with E-state index in [4.69, 9.17) is 5.11 Å². The minimum Gasteiger partial charge on any atom is -0.480 e. The van der Waals surface area contributed by atoms with Crippen molar-refractivity contribution in [3.05, 3.63) is 29.6 Å². The van der Waals surface area contributed by atoms with E-state index in [1.165, 1.54) is 6.20 Å². The van der Waals surface area contributed by atoms with Gasteiger partial charge < -0.3 is 10.4 Å². The first-order valence-corrected chi connectivity index (χ1v) is 5.69. The van der Waals surface area contributed by atoms with E-state index in [0.29, 0.717) is 5.56 Å². The smallest absolute Gasteiger partial charge is 0.326 e. The van der Waals surface area contributed by atoms with Gasteiger partial charge in [0.05, 0.1) is 0 Å². The number of carbonyl (C=O) groups excluding carboxylic acids is 1. The fraction of sp³-hybridized carbons (Fsp3) is 0.462. The molecule has 1 atom stereocenters. The molecule has 0 bridgehead atoms. The number of hydrogen-bond donors (Lipinski definition) is 2. The van der Waals surface area contributed by atoms with Crippen molar-refractivity contribution in [2.24, 2.45) is 5.41 Å². The molecule has 5 nitrogen and oxygen atoms in total. The number of carboxylic acid groups (broad SMARTS) is 1. The number of carbonyl (C=O) groups is 2. The molecule has 0 spiro atoms. The Kier molecular flexibility index (Phi) is 4.06. The summed E-state index contributed by atoms with van der Waals surface area (Å²) >= 11 is 0. The third-order valence-electron chi connectivity index (χ3n) is 2.61. The molecule has 0 saturated carbocycles. The molecule has 1 heterocycles. The molecular formula is C13H18N2O3. The number of hydrogen-bond acceptors (Lipinski definition) is 3. The Bertz CT molecular complexity index is 464. The summed E-state index contributed by atoms with van der Waals surface area (Å²) in [6.45, 7) is 7.04. The zero-order valence-electron chi connectivity index (χ0n) is 11.0. The second-order valence-electron chi connectivity index (χ2n) is 5.28. The van der Waals surface area contributed by atoms with Crippen LogP contribution in [0.5, 0.6) is 0 Å². The number of aromatic nitrogens is 1. The zero-order valence-corrected chi connectivity index (χ0v) is 11.0. The van der Waals surface area contributed by atoms with Gasteiger partial charge in [-0.05, 0) is 24.0 Å². The second kappa shape index (κ2) is 5.16. The van der Waals surface area contributed by atoms with Crippen molar-refractivity contribution in [2.45, 2.75) is 33.7 Å². The lowest BCUT2D eigenvalue weighted by molar-refractivity contribution is -0.142. The molecular weight excluding hydrogens is 232 g/mol. The van der Waals surface area contributed by atoms with E-state index in [2.05, 4.69) is 10.3 Å². The standard InChI is InChI=1S/C13H18N2O3/c1-8-6-5-7-14-9(8)11(16)15-10(12(17)18)13(2,3)4/h5-7,10H,1-4H3,(H,15,16)(H,17,18)/t10-/m1/s1. The number of nitrogens with zero attached hydrogens (tertiary/aromatic N) is 1. The molecule has 1 rings (SSSR count). The number of pyridine rings is 1. The number of rotatable bonds is 3. The van der Waals surface area contributed by atoms with Gasteiger partial charge in [0.1, 0.15) is 11.7 Å². The molecule has 0 aliphatic heterocycles. The molecule has 5 heteroatoms. The van der Waals surface area contributed by atoms with Gasteiger partial charge in [-0.2, -0.15) is 0 Å². The summed E-state index contributed by atoms with van der Waals surface area (Å²) in [6, 6.07) is 2.53. The van der Waals surface area contributed by atoms with Crippen LogP contribution in [0.2, 0.25) is 0 Å². The molecule has 0 fully saturated rings. The molecule has 18 heavy (non-hydrogen) atoms. The largest absolute Gasteiger partial charge is 0.480 e. The van der Waals surface area contributed by atoms with Crippen molar-refractivity contribution in [1.29, 1.82) is 0 Å². The van der Waals surface area contributed by atoms with Crippen molar-refractivity contribution < 1.29 is 14.7 Å². The van der Waals surface area contributed by atoms with Gasteiger partial charge >= 0.3 is 5.97 Å². The molecule has 0 aliphatic rings. The number of aryl methyl sites for hydroxylation is 1. The maximum Gasteiger partial charge on any atom is 0.326 e. The normalized spacial score (nSPS) is 12.9.